The van der Waals surface area contributed by atoms with Gasteiger partial charge in [-0.25, -0.2) is 9.18 Å². The number of likely N-dealkylation sites (N-methyl/N-ethyl adjacent to an activating group) is 1. The van der Waals surface area contributed by atoms with Gasteiger partial charge < -0.3 is 10.4 Å². The second-order valence-electron chi connectivity index (χ2n) is 6.70. The van der Waals surface area contributed by atoms with E-state index in [4.69, 9.17) is 0 Å². The average molecular weight is 357 g/mol. The maximum Gasteiger partial charge on any atom is 0.330 e. The number of aromatic nitrogens is 2. The summed E-state index contributed by atoms with van der Waals surface area (Å²) in [6.45, 7) is 4.05. The number of rotatable bonds is 6. The first-order valence-electron chi connectivity index (χ1n) is 8.76. The van der Waals surface area contributed by atoms with Crippen molar-refractivity contribution in [2.24, 2.45) is 0 Å². The largest absolute Gasteiger partial charge is 0.389 e. The fourth-order valence-electron chi connectivity index (χ4n) is 3.52. The van der Waals surface area contributed by atoms with Crippen LogP contribution in [0.1, 0.15) is 31.5 Å². The summed E-state index contributed by atoms with van der Waals surface area (Å²) < 4.78 is 17.7. The minimum atomic E-state index is -0.897. The molecule has 0 saturated carbocycles. The van der Waals surface area contributed by atoms with Crippen molar-refractivity contribution in [3.63, 3.8) is 0 Å². The number of hydrogen-bond acceptors (Lipinski definition) is 3. The minimum Gasteiger partial charge on any atom is -0.389 e. The fraction of sp³-hybridized carbons (Fsp3) is 0.350. The Morgan fingerprint density at radius 3 is 2.38 bits per heavy atom. The molecule has 0 aliphatic heterocycles. The van der Waals surface area contributed by atoms with Gasteiger partial charge >= 0.3 is 5.69 Å². The number of para-hydroxylation sites is 1. The third kappa shape index (κ3) is 3.06. The number of benzene rings is 2. The Morgan fingerprint density at radius 2 is 1.77 bits per heavy atom. The van der Waals surface area contributed by atoms with Gasteiger partial charge in [0.15, 0.2) is 0 Å². The smallest absolute Gasteiger partial charge is 0.330 e. The predicted octanol–water partition coefficient (Wildman–Crippen LogP) is 2.69. The molecule has 2 aromatic carbocycles. The van der Waals surface area contributed by atoms with Gasteiger partial charge in [0, 0.05) is 12.6 Å². The molecule has 0 radical (unpaired) electrons. The van der Waals surface area contributed by atoms with Crippen LogP contribution in [-0.4, -0.2) is 33.9 Å². The third-order valence-corrected chi connectivity index (χ3v) is 4.59. The van der Waals surface area contributed by atoms with Crippen molar-refractivity contribution in [3.8, 4) is 0 Å². The lowest BCUT2D eigenvalue weighted by atomic mass is 10.0. The first-order valence-corrected chi connectivity index (χ1v) is 8.76. The van der Waals surface area contributed by atoms with Gasteiger partial charge in [-0.15, -0.1) is 0 Å². The highest BCUT2D eigenvalue weighted by molar-refractivity contribution is 5.77. The number of aliphatic hydroxyl groups is 1. The molecule has 0 aliphatic carbocycles. The number of hydrogen-bond donors (Lipinski definition) is 2. The van der Waals surface area contributed by atoms with Crippen molar-refractivity contribution in [2.45, 2.75) is 32.0 Å². The van der Waals surface area contributed by atoms with E-state index < -0.39 is 18.0 Å². The second kappa shape index (κ2) is 7.43. The van der Waals surface area contributed by atoms with Gasteiger partial charge in [-0.05, 0) is 38.6 Å². The normalized spacial score (nSPS) is 14.1. The summed E-state index contributed by atoms with van der Waals surface area (Å²) in [5.74, 6) is -0.475. The van der Waals surface area contributed by atoms with Gasteiger partial charge in [0.05, 0.1) is 17.7 Å². The van der Waals surface area contributed by atoms with Crippen LogP contribution in [0.15, 0.2) is 53.3 Å². The molecule has 5 nitrogen and oxygen atoms in total. The summed E-state index contributed by atoms with van der Waals surface area (Å²) in [5, 5.41) is 13.7. The lowest BCUT2D eigenvalue weighted by molar-refractivity contribution is 0.130. The van der Waals surface area contributed by atoms with Crippen molar-refractivity contribution in [1.82, 2.24) is 14.5 Å². The molecule has 0 fully saturated rings. The average Bonchev–Trinajstić information content (AvgIpc) is 2.90. The third-order valence-electron chi connectivity index (χ3n) is 4.59. The van der Waals surface area contributed by atoms with Gasteiger partial charge in [0.2, 0.25) is 0 Å². The van der Waals surface area contributed by atoms with E-state index in [0.717, 1.165) is 5.56 Å². The molecule has 1 heterocycles. The van der Waals surface area contributed by atoms with E-state index in [9.17, 15) is 14.3 Å². The molecule has 26 heavy (non-hydrogen) atoms. The van der Waals surface area contributed by atoms with Crippen molar-refractivity contribution in [1.29, 1.82) is 0 Å². The molecule has 3 aromatic rings. The van der Waals surface area contributed by atoms with Crippen molar-refractivity contribution >= 4 is 11.0 Å². The van der Waals surface area contributed by atoms with Gasteiger partial charge in [-0.3, -0.25) is 9.13 Å². The van der Waals surface area contributed by atoms with Crippen LogP contribution in [0.5, 0.6) is 0 Å². The number of fused-ring (bicyclic) bond motifs is 1. The minimum absolute atomic E-state index is 0.133. The lowest BCUT2D eigenvalue weighted by Crippen LogP contribution is -2.39. The Morgan fingerprint density at radius 1 is 1.08 bits per heavy atom. The fourth-order valence-corrected chi connectivity index (χ4v) is 3.52. The van der Waals surface area contributed by atoms with Gasteiger partial charge in [0.1, 0.15) is 11.3 Å². The molecule has 138 valence electrons. The standard InChI is InChI=1S/C20H24FN3O2/c1-13(2)23-16-11-7-10-15(21)19(16)24(20(23)26)18(17(25)12-22-3)14-8-5-4-6-9-14/h4-11,13,17-18,22,25H,12H2,1-3H3/t17-,18+/m1/s1. The monoisotopic (exact) mass is 357 g/mol. The van der Waals surface area contributed by atoms with Gasteiger partial charge in [-0.1, -0.05) is 36.4 Å². The molecule has 3 rings (SSSR count). The van der Waals surface area contributed by atoms with E-state index >= 15 is 0 Å². The molecule has 0 aliphatic rings. The van der Waals surface area contributed by atoms with Crippen molar-refractivity contribution in [2.75, 3.05) is 13.6 Å². The SMILES string of the molecule is CNC[C@@H](O)[C@H](c1ccccc1)n1c(=O)n(C(C)C)c2cccc(F)c21. The van der Waals surface area contributed by atoms with Crippen LogP contribution in [0.25, 0.3) is 11.0 Å². The number of imidazole rings is 1. The Kier molecular flexibility index (Phi) is 5.25. The van der Waals surface area contributed by atoms with Crippen LogP contribution in [-0.2, 0) is 0 Å². The molecule has 0 saturated heterocycles. The summed E-state index contributed by atoms with van der Waals surface area (Å²) in [7, 11) is 1.73. The van der Waals surface area contributed by atoms with E-state index in [2.05, 4.69) is 5.32 Å². The zero-order valence-corrected chi connectivity index (χ0v) is 15.2. The Hall–Kier alpha value is -2.44. The van der Waals surface area contributed by atoms with Crippen LogP contribution in [0, 0.1) is 5.82 Å². The Balaban J connectivity index is 2.36. The Labute approximate surface area is 151 Å². The highest BCUT2D eigenvalue weighted by atomic mass is 19.1. The lowest BCUT2D eigenvalue weighted by Gasteiger charge is -2.25. The van der Waals surface area contributed by atoms with E-state index in [1.807, 2.05) is 44.2 Å². The quantitative estimate of drug-likeness (QED) is 0.713. The molecular formula is C20H24FN3O2. The molecular weight excluding hydrogens is 333 g/mol. The highest BCUT2D eigenvalue weighted by Gasteiger charge is 2.29. The second-order valence-corrected chi connectivity index (χ2v) is 6.70. The maximum atomic E-state index is 14.8. The van der Waals surface area contributed by atoms with E-state index in [1.54, 1.807) is 23.7 Å². The zero-order chi connectivity index (χ0) is 18.8. The van der Waals surface area contributed by atoms with E-state index in [1.165, 1.54) is 10.6 Å². The van der Waals surface area contributed by atoms with Crippen molar-refractivity contribution in [3.05, 3.63) is 70.4 Å². The topological polar surface area (TPSA) is 59.2 Å². The molecule has 0 amide bonds. The molecule has 6 heteroatoms. The number of nitrogens with zero attached hydrogens (tertiary/aromatic N) is 2. The molecule has 0 bridgehead atoms. The number of nitrogens with one attached hydrogen (secondary N) is 1. The number of halogens is 1. The number of aliphatic hydroxyl groups excluding tert-OH is 1. The molecule has 2 atom stereocenters. The van der Waals surface area contributed by atoms with Crippen LogP contribution in [0.3, 0.4) is 0 Å². The van der Waals surface area contributed by atoms with Crippen molar-refractivity contribution < 1.29 is 9.50 Å². The summed E-state index contributed by atoms with van der Waals surface area (Å²) >= 11 is 0. The summed E-state index contributed by atoms with van der Waals surface area (Å²) in [5.41, 5.74) is 1.17. The van der Waals surface area contributed by atoms with Crippen LogP contribution in [0.4, 0.5) is 4.39 Å². The molecule has 0 unspecified atom stereocenters. The first kappa shape index (κ1) is 18.4. The van der Waals surface area contributed by atoms with Gasteiger partial charge in [0.25, 0.3) is 0 Å². The zero-order valence-electron chi connectivity index (χ0n) is 15.2. The summed E-state index contributed by atoms with van der Waals surface area (Å²) in [6.07, 6.45) is -0.897. The highest BCUT2D eigenvalue weighted by Crippen LogP contribution is 2.28. The Bertz CT molecular complexity index is 947. The molecule has 0 spiro atoms. The van der Waals surface area contributed by atoms with E-state index in [-0.39, 0.29) is 23.8 Å². The van der Waals surface area contributed by atoms with Crippen LogP contribution >= 0.6 is 0 Å². The van der Waals surface area contributed by atoms with E-state index in [0.29, 0.717) is 5.52 Å². The molecule has 2 N–H and O–H groups in total. The summed E-state index contributed by atoms with van der Waals surface area (Å²) in [4.78, 5) is 13.2. The maximum absolute atomic E-state index is 14.8. The molecule has 1 aromatic heterocycles. The van der Waals surface area contributed by atoms with Crippen LogP contribution < -0.4 is 11.0 Å². The summed E-state index contributed by atoms with van der Waals surface area (Å²) in [6, 6.07) is 13.1. The first-order chi connectivity index (χ1) is 12.5. The van der Waals surface area contributed by atoms with Crippen LogP contribution in [0.2, 0.25) is 0 Å². The predicted molar refractivity (Wildman–Crippen MR) is 101 cm³/mol. The van der Waals surface area contributed by atoms with Gasteiger partial charge in [-0.2, -0.15) is 0 Å².